The highest BCUT2D eigenvalue weighted by Gasteiger charge is 2.32. The minimum atomic E-state index is -0.588. The zero-order chi connectivity index (χ0) is 22.2. The topological polar surface area (TPSA) is 55.3 Å². The molecule has 0 fully saturated rings. The molecular formula is C24H17Cl2N3O2S. The van der Waals surface area contributed by atoms with Gasteiger partial charge in [-0.3, -0.25) is 9.78 Å². The van der Waals surface area contributed by atoms with Crippen LogP contribution in [0.1, 0.15) is 12.5 Å². The van der Waals surface area contributed by atoms with Crippen molar-refractivity contribution in [1.29, 1.82) is 0 Å². The van der Waals surface area contributed by atoms with Gasteiger partial charge < -0.3 is 9.64 Å². The number of anilines is 1. The number of hydrogen-bond acceptors (Lipinski definition) is 5. The molecule has 5 rings (SSSR count). The van der Waals surface area contributed by atoms with Crippen LogP contribution in [0.4, 0.5) is 5.69 Å². The number of aromatic nitrogens is 2. The van der Waals surface area contributed by atoms with Gasteiger partial charge in [-0.2, -0.15) is 0 Å². The van der Waals surface area contributed by atoms with E-state index in [1.54, 1.807) is 30.2 Å². The van der Waals surface area contributed by atoms with E-state index in [0.717, 1.165) is 27.5 Å². The Morgan fingerprint density at radius 1 is 1.09 bits per heavy atom. The summed E-state index contributed by atoms with van der Waals surface area (Å²) in [6.45, 7) is 2.06. The number of pyridine rings is 1. The van der Waals surface area contributed by atoms with Gasteiger partial charge in [0.15, 0.2) is 6.10 Å². The Labute approximate surface area is 199 Å². The van der Waals surface area contributed by atoms with E-state index in [1.807, 2.05) is 47.8 Å². The lowest BCUT2D eigenvalue weighted by molar-refractivity contribution is -0.125. The molecule has 0 saturated carbocycles. The molecule has 0 radical (unpaired) electrons. The Morgan fingerprint density at radius 3 is 2.75 bits per heavy atom. The molecule has 5 nitrogen and oxygen atoms in total. The second kappa shape index (κ2) is 8.54. The Kier molecular flexibility index (Phi) is 5.59. The zero-order valence-electron chi connectivity index (χ0n) is 17.0. The summed E-state index contributed by atoms with van der Waals surface area (Å²) in [5.74, 6) is 0.513. The van der Waals surface area contributed by atoms with Crippen LogP contribution in [0.3, 0.4) is 0 Å². The Bertz CT molecular complexity index is 1310. The minimum absolute atomic E-state index is 0.131. The molecule has 160 valence electrons. The van der Waals surface area contributed by atoms with Gasteiger partial charge in [-0.05, 0) is 55.0 Å². The number of halogens is 2. The van der Waals surface area contributed by atoms with Gasteiger partial charge >= 0.3 is 0 Å². The molecule has 32 heavy (non-hydrogen) atoms. The van der Waals surface area contributed by atoms with Gasteiger partial charge in [-0.15, -0.1) is 11.3 Å². The highest BCUT2D eigenvalue weighted by molar-refractivity contribution is 7.13. The molecule has 0 N–H and O–H groups in total. The Hall–Kier alpha value is -2.93. The van der Waals surface area contributed by atoms with Gasteiger partial charge in [-0.25, -0.2) is 4.98 Å². The minimum Gasteiger partial charge on any atom is -0.479 e. The van der Waals surface area contributed by atoms with Crippen LogP contribution >= 0.6 is 34.5 Å². The number of fused-ring (bicyclic) bond motifs is 1. The van der Waals surface area contributed by atoms with Crippen molar-refractivity contribution in [3.8, 4) is 27.7 Å². The van der Waals surface area contributed by atoms with Crippen molar-refractivity contribution in [3.05, 3.63) is 81.8 Å². The number of ether oxygens (including phenoxy) is 1. The fraction of sp³-hybridized carbons (Fsp3) is 0.125. The van der Waals surface area contributed by atoms with Gasteiger partial charge in [0.2, 0.25) is 0 Å². The maximum Gasteiger partial charge on any atom is 0.268 e. The normalized spacial score (nSPS) is 15.4. The third-order valence-electron chi connectivity index (χ3n) is 5.19. The molecule has 8 heteroatoms. The van der Waals surface area contributed by atoms with E-state index in [4.69, 9.17) is 32.9 Å². The van der Waals surface area contributed by atoms with Crippen molar-refractivity contribution in [2.45, 2.75) is 19.6 Å². The number of amides is 1. The summed E-state index contributed by atoms with van der Waals surface area (Å²) in [7, 11) is 0. The van der Waals surface area contributed by atoms with Gasteiger partial charge in [0, 0.05) is 27.2 Å². The predicted octanol–water partition coefficient (Wildman–Crippen LogP) is 6.49. The van der Waals surface area contributed by atoms with Crippen molar-refractivity contribution in [1.82, 2.24) is 9.97 Å². The average molecular weight is 482 g/mol. The van der Waals surface area contributed by atoms with Crippen molar-refractivity contribution in [2.75, 3.05) is 4.90 Å². The average Bonchev–Trinajstić information content (AvgIpc) is 3.29. The Morgan fingerprint density at radius 2 is 1.97 bits per heavy atom. The van der Waals surface area contributed by atoms with Gasteiger partial charge in [0.05, 0.1) is 23.6 Å². The van der Waals surface area contributed by atoms with Crippen LogP contribution < -0.4 is 9.64 Å². The molecule has 4 aromatic rings. The van der Waals surface area contributed by atoms with Crippen LogP contribution in [0.2, 0.25) is 10.0 Å². The second-order valence-corrected chi connectivity index (χ2v) is 9.06. The number of carbonyl (C=O) groups excluding carboxylic acids is 1. The molecule has 1 atom stereocenters. The first-order chi connectivity index (χ1) is 15.5. The monoisotopic (exact) mass is 481 g/mol. The molecule has 1 unspecified atom stereocenters. The molecule has 1 amide bonds. The summed E-state index contributed by atoms with van der Waals surface area (Å²) >= 11 is 13.9. The summed E-state index contributed by atoms with van der Waals surface area (Å²) < 4.78 is 5.85. The number of carbonyl (C=O) groups is 1. The fourth-order valence-electron chi connectivity index (χ4n) is 3.56. The van der Waals surface area contributed by atoms with Crippen LogP contribution in [0.25, 0.3) is 22.0 Å². The third kappa shape index (κ3) is 3.97. The number of benzene rings is 2. The van der Waals surface area contributed by atoms with Crippen molar-refractivity contribution < 1.29 is 9.53 Å². The highest BCUT2D eigenvalue weighted by Crippen LogP contribution is 2.39. The SMILES string of the molecule is CC1Oc2ccc(-c3csc(-c4ccccn4)n3)cc2N(Cc2ccc(Cl)cc2Cl)C1=O. The van der Waals surface area contributed by atoms with E-state index in [0.29, 0.717) is 28.0 Å². The molecule has 0 spiro atoms. The second-order valence-electron chi connectivity index (χ2n) is 7.36. The number of nitrogens with zero attached hydrogens (tertiary/aromatic N) is 3. The summed E-state index contributed by atoms with van der Waals surface area (Å²) in [5.41, 5.74) is 4.02. The maximum absolute atomic E-state index is 13.0. The van der Waals surface area contributed by atoms with Crippen molar-refractivity contribution in [3.63, 3.8) is 0 Å². The van der Waals surface area contributed by atoms with Crippen LogP contribution in [0.5, 0.6) is 5.75 Å². The van der Waals surface area contributed by atoms with Crippen LogP contribution in [-0.2, 0) is 11.3 Å². The van der Waals surface area contributed by atoms with E-state index in [-0.39, 0.29) is 5.91 Å². The van der Waals surface area contributed by atoms with Crippen molar-refractivity contribution >= 4 is 46.1 Å². The summed E-state index contributed by atoms with van der Waals surface area (Å²) in [6, 6.07) is 16.8. The molecule has 0 bridgehead atoms. The zero-order valence-corrected chi connectivity index (χ0v) is 19.3. The van der Waals surface area contributed by atoms with Crippen LogP contribution in [-0.4, -0.2) is 22.0 Å². The summed E-state index contributed by atoms with van der Waals surface area (Å²) in [4.78, 5) is 23.8. The Balaban J connectivity index is 1.52. The van der Waals surface area contributed by atoms with E-state index in [1.165, 1.54) is 11.3 Å². The first-order valence-corrected chi connectivity index (χ1v) is 11.6. The molecule has 1 aliphatic rings. The smallest absolute Gasteiger partial charge is 0.268 e. The van der Waals surface area contributed by atoms with Gasteiger partial charge in [0.1, 0.15) is 10.8 Å². The number of rotatable bonds is 4. The lowest BCUT2D eigenvalue weighted by Gasteiger charge is -2.33. The molecule has 2 aromatic heterocycles. The van der Waals surface area contributed by atoms with Gasteiger partial charge in [0.25, 0.3) is 5.91 Å². The molecule has 1 aliphatic heterocycles. The van der Waals surface area contributed by atoms with E-state index in [2.05, 4.69) is 4.98 Å². The van der Waals surface area contributed by atoms with Crippen LogP contribution in [0, 0.1) is 0 Å². The largest absolute Gasteiger partial charge is 0.479 e. The van der Waals surface area contributed by atoms with E-state index in [9.17, 15) is 4.79 Å². The molecular weight excluding hydrogens is 465 g/mol. The predicted molar refractivity (Wildman–Crippen MR) is 129 cm³/mol. The molecule has 2 aromatic carbocycles. The number of hydrogen-bond donors (Lipinski definition) is 0. The standard InChI is InChI=1S/C24H17Cl2N3O2S/c1-14-24(30)29(12-16-5-7-17(25)11-18(16)26)21-10-15(6-8-22(21)31-14)20-13-32-23(28-20)19-4-2-3-9-27-19/h2-11,13-14H,12H2,1H3. The van der Waals surface area contributed by atoms with Crippen molar-refractivity contribution in [2.24, 2.45) is 0 Å². The quantitative estimate of drug-likeness (QED) is 0.334. The fourth-order valence-corrected chi connectivity index (χ4v) is 4.84. The maximum atomic E-state index is 13.0. The van der Waals surface area contributed by atoms with Gasteiger partial charge in [-0.1, -0.05) is 35.3 Å². The van der Waals surface area contributed by atoms with E-state index >= 15 is 0 Å². The molecule has 0 saturated heterocycles. The van der Waals surface area contributed by atoms with Crippen LogP contribution in [0.15, 0.2) is 66.2 Å². The van der Waals surface area contributed by atoms with E-state index < -0.39 is 6.10 Å². The third-order valence-corrected chi connectivity index (χ3v) is 6.65. The lowest BCUT2D eigenvalue weighted by Crippen LogP contribution is -2.44. The summed E-state index contributed by atoms with van der Waals surface area (Å²) in [5, 5.41) is 3.89. The highest BCUT2D eigenvalue weighted by atomic mass is 35.5. The number of thiazole rings is 1. The lowest BCUT2D eigenvalue weighted by atomic mass is 10.1. The first kappa shape index (κ1) is 20.9. The molecule has 0 aliphatic carbocycles. The summed E-state index contributed by atoms with van der Waals surface area (Å²) in [6.07, 6.45) is 1.16. The molecule has 3 heterocycles. The first-order valence-electron chi connectivity index (χ1n) is 9.93.